The molecule has 0 bridgehead atoms. The third-order valence-electron chi connectivity index (χ3n) is 2.30. The van der Waals surface area contributed by atoms with Gasteiger partial charge in [-0.15, -0.1) is 0 Å². The molecule has 0 radical (unpaired) electrons. The van der Waals surface area contributed by atoms with Gasteiger partial charge in [0, 0.05) is 31.1 Å². The van der Waals surface area contributed by atoms with E-state index in [0.29, 0.717) is 6.42 Å². The van der Waals surface area contributed by atoms with Gasteiger partial charge in [0.05, 0.1) is 12.0 Å². The van der Waals surface area contributed by atoms with Crippen molar-refractivity contribution in [2.24, 2.45) is 0 Å². The van der Waals surface area contributed by atoms with Crippen molar-refractivity contribution in [2.75, 3.05) is 12.3 Å². The smallest absolute Gasteiger partial charge is 0.260 e. The minimum absolute atomic E-state index is 0.131. The number of nitrogens with zero attached hydrogens (tertiary/aromatic N) is 2. The number of aromatic nitrogens is 3. The molecule has 0 unspecified atom stereocenters. The SMILES string of the molecule is Nc1cccnc1S(=O)(=O)NCCc1cnc[nH]1. The first-order chi connectivity index (χ1) is 8.59. The number of rotatable bonds is 5. The van der Waals surface area contributed by atoms with Gasteiger partial charge in [0.1, 0.15) is 0 Å². The Bertz CT molecular complexity index is 609. The number of anilines is 1. The van der Waals surface area contributed by atoms with Crippen LogP contribution in [0.2, 0.25) is 0 Å². The number of imidazole rings is 1. The molecule has 0 amide bonds. The van der Waals surface area contributed by atoms with E-state index in [1.807, 2.05) is 0 Å². The number of hydrogen-bond acceptors (Lipinski definition) is 5. The van der Waals surface area contributed by atoms with E-state index in [4.69, 9.17) is 5.73 Å². The fourth-order valence-electron chi connectivity index (χ4n) is 1.44. The second-order valence-electron chi connectivity index (χ2n) is 3.62. The van der Waals surface area contributed by atoms with Gasteiger partial charge in [-0.25, -0.2) is 23.1 Å². The van der Waals surface area contributed by atoms with Gasteiger partial charge in [-0.3, -0.25) is 0 Å². The number of H-pyrrole nitrogens is 1. The van der Waals surface area contributed by atoms with E-state index >= 15 is 0 Å². The normalized spacial score (nSPS) is 11.6. The van der Waals surface area contributed by atoms with E-state index in [0.717, 1.165) is 5.69 Å². The minimum Gasteiger partial charge on any atom is -0.396 e. The summed E-state index contributed by atoms with van der Waals surface area (Å²) < 4.78 is 26.2. The highest BCUT2D eigenvalue weighted by Crippen LogP contribution is 2.13. The van der Waals surface area contributed by atoms with Crippen LogP contribution in [-0.2, 0) is 16.4 Å². The molecule has 0 saturated carbocycles. The number of pyridine rings is 1. The van der Waals surface area contributed by atoms with Crippen LogP contribution < -0.4 is 10.5 Å². The molecule has 0 atom stereocenters. The van der Waals surface area contributed by atoms with Crippen LogP contribution in [0, 0.1) is 0 Å². The van der Waals surface area contributed by atoms with Crippen LogP contribution in [0.25, 0.3) is 0 Å². The summed E-state index contributed by atoms with van der Waals surface area (Å²) in [6.45, 7) is 0.251. The molecule has 2 heterocycles. The molecular formula is C10H13N5O2S. The van der Waals surface area contributed by atoms with Gasteiger partial charge in [0.25, 0.3) is 10.0 Å². The average Bonchev–Trinajstić information content (AvgIpc) is 2.82. The highest BCUT2D eigenvalue weighted by Gasteiger charge is 2.17. The largest absolute Gasteiger partial charge is 0.396 e. The van der Waals surface area contributed by atoms with Crippen LogP contribution in [0.3, 0.4) is 0 Å². The minimum atomic E-state index is -3.66. The highest BCUT2D eigenvalue weighted by molar-refractivity contribution is 7.89. The molecule has 0 aliphatic carbocycles. The molecule has 4 N–H and O–H groups in total. The van der Waals surface area contributed by atoms with Gasteiger partial charge >= 0.3 is 0 Å². The first kappa shape index (κ1) is 12.5. The van der Waals surface area contributed by atoms with Crippen molar-refractivity contribution in [2.45, 2.75) is 11.4 Å². The monoisotopic (exact) mass is 267 g/mol. The maximum atomic E-state index is 11.9. The Hall–Kier alpha value is -1.93. The number of nitrogens with two attached hydrogens (primary N) is 1. The van der Waals surface area contributed by atoms with Gasteiger partial charge in [-0.1, -0.05) is 0 Å². The molecule has 2 aromatic rings. The van der Waals surface area contributed by atoms with Crippen LogP contribution in [0.15, 0.2) is 35.9 Å². The Balaban J connectivity index is 2.02. The van der Waals surface area contributed by atoms with Crippen LogP contribution in [0.5, 0.6) is 0 Å². The lowest BCUT2D eigenvalue weighted by molar-refractivity contribution is 0.578. The molecular weight excluding hydrogens is 254 g/mol. The first-order valence-corrected chi connectivity index (χ1v) is 6.75. The van der Waals surface area contributed by atoms with Crippen molar-refractivity contribution >= 4 is 15.7 Å². The first-order valence-electron chi connectivity index (χ1n) is 5.27. The Morgan fingerprint density at radius 1 is 1.44 bits per heavy atom. The highest BCUT2D eigenvalue weighted by atomic mass is 32.2. The Morgan fingerprint density at radius 2 is 2.28 bits per heavy atom. The zero-order valence-corrected chi connectivity index (χ0v) is 10.3. The predicted octanol–water partition coefficient (Wildman–Crippen LogP) is -0.0921. The van der Waals surface area contributed by atoms with Crippen molar-refractivity contribution in [1.29, 1.82) is 0 Å². The van der Waals surface area contributed by atoms with Gasteiger partial charge in [-0.2, -0.15) is 0 Å². The van der Waals surface area contributed by atoms with E-state index in [-0.39, 0.29) is 17.3 Å². The van der Waals surface area contributed by atoms with Crippen LogP contribution in [0.1, 0.15) is 5.69 Å². The third-order valence-corrected chi connectivity index (χ3v) is 3.73. The van der Waals surface area contributed by atoms with E-state index < -0.39 is 10.0 Å². The number of aromatic amines is 1. The van der Waals surface area contributed by atoms with Crippen LogP contribution >= 0.6 is 0 Å². The molecule has 2 aromatic heterocycles. The van der Waals surface area contributed by atoms with Gasteiger partial charge < -0.3 is 10.7 Å². The maximum Gasteiger partial charge on any atom is 0.260 e. The summed E-state index contributed by atoms with van der Waals surface area (Å²) in [4.78, 5) is 10.5. The summed E-state index contributed by atoms with van der Waals surface area (Å²) in [5.41, 5.74) is 6.56. The van der Waals surface area contributed by atoms with Gasteiger partial charge in [0.2, 0.25) is 0 Å². The Labute approximate surface area is 105 Å². The number of sulfonamides is 1. The molecule has 0 aromatic carbocycles. The van der Waals surface area contributed by atoms with E-state index in [1.165, 1.54) is 12.3 Å². The molecule has 0 spiro atoms. The summed E-state index contributed by atoms with van der Waals surface area (Å²) in [6.07, 6.45) is 5.09. The van der Waals surface area contributed by atoms with Crippen molar-refractivity contribution < 1.29 is 8.42 Å². The fraction of sp³-hybridized carbons (Fsp3) is 0.200. The second-order valence-corrected chi connectivity index (χ2v) is 5.30. The van der Waals surface area contributed by atoms with Crippen molar-refractivity contribution in [3.05, 3.63) is 36.5 Å². The van der Waals surface area contributed by atoms with E-state index in [1.54, 1.807) is 18.6 Å². The summed E-state index contributed by atoms with van der Waals surface area (Å²) in [7, 11) is -3.66. The molecule has 0 aliphatic rings. The molecule has 0 saturated heterocycles. The molecule has 18 heavy (non-hydrogen) atoms. The lowest BCUT2D eigenvalue weighted by Gasteiger charge is -2.07. The zero-order chi connectivity index (χ0) is 13.0. The molecule has 2 rings (SSSR count). The van der Waals surface area contributed by atoms with Crippen molar-refractivity contribution in [3.8, 4) is 0 Å². The zero-order valence-electron chi connectivity index (χ0n) is 9.50. The van der Waals surface area contributed by atoms with Gasteiger partial charge in [0.15, 0.2) is 5.03 Å². The number of hydrogen-bond donors (Lipinski definition) is 3. The molecule has 96 valence electrons. The second kappa shape index (κ2) is 5.15. The average molecular weight is 267 g/mol. The molecule has 7 nitrogen and oxygen atoms in total. The summed E-state index contributed by atoms with van der Waals surface area (Å²) >= 11 is 0. The summed E-state index contributed by atoms with van der Waals surface area (Å²) in [5, 5.41) is -0.144. The molecule has 0 fully saturated rings. The standard InChI is InChI=1S/C10H13N5O2S/c11-9-2-1-4-13-10(9)18(16,17)15-5-3-8-6-12-7-14-8/h1-2,4,6-7,15H,3,5,11H2,(H,12,14). The van der Waals surface area contributed by atoms with E-state index in [2.05, 4.69) is 19.7 Å². The van der Waals surface area contributed by atoms with Gasteiger partial charge in [-0.05, 0) is 12.1 Å². The lowest BCUT2D eigenvalue weighted by Crippen LogP contribution is -2.27. The topological polar surface area (TPSA) is 114 Å². The fourth-order valence-corrected chi connectivity index (χ4v) is 2.52. The summed E-state index contributed by atoms with van der Waals surface area (Å²) in [6, 6.07) is 3.08. The summed E-state index contributed by atoms with van der Waals surface area (Å²) in [5.74, 6) is 0. The van der Waals surface area contributed by atoms with Crippen molar-refractivity contribution in [3.63, 3.8) is 0 Å². The quantitative estimate of drug-likeness (QED) is 0.700. The Morgan fingerprint density at radius 3 is 2.94 bits per heavy atom. The molecule has 8 heteroatoms. The van der Waals surface area contributed by atoms with E-state index in [9.17, 15) is 8.42 Å². The van der Waals surface area contributed by atoms with Crippen LogP contribution in [-0.4, -0.2) is 29.9 Å². The van der Waals surface area contributed by atoms with Crippen LogP contribution in [0.4, 0.5) is 5.69 Å². The lowest BCUT2D eigenvalue weighted by atomic mass is 10.3. The van der Waals surface area contributed by atoms with Crippen molar-refractivity contribution in [1.82, 2.24) is 19.7 Å². The number of nitrogens with one attached hydrogen (secondary N) is 2. The Kier molecular flexibility index (Phi) is 3.58. The number of nitrogen functional groups attached to an aromatic ring is 1. The predicted molar refractivity (Wildman–Crippen MR) is 66.1 cm³/mol. The molecule has 0 aliphatic heterocycles. The third kappa shape index (κ3) is 2.84. The maximum absolute atomic E-state index is 11.9.